The van der Waals surface area contributed by atoms with Crippen LogP contribution in [-0.2, 0) is 16.1 Å². The van der Waals surface area contributed by atoms with Crippen LogP contribution in [-0.4, -0.2) is 36.3 Å². The molecule has 0 heterocycles. The molecule has 1 aliphatic carbocycles. The lowest BCUT2D eigenvalue weighted by molar-refractivity contribution is -0.235. The van der Waals surface area contributed by atoms with Crippen molar-refractivity contribution in [2.45, 2.75) is 31.5 Å². The number of hydroxylamine groups is 2. The van der Waals surface area contributed by atoms with Crippen LogP contribution in [0.25, 0.3) is 0 Å². The Balaban J connectivity index is 1.86. The van der Waals surface area contributed by atoms with Crippen LogP contribution in [0, 0.1) is 0 Å². The number of rotatable bonds is 6. The van der Waals surface area contributed by atoms with Crippen molar-refractivity contribution in [2.75, 3.05) is 13.2 Å². The van der Waals surface area contributed by atoms with Crippen LogP contribution in [0.5, 0.6) is 5.75 Å². The van der Waals surface area contributed by atoms with Gasteiger partial charge in [0.05, 0.1) is 12.4 Å². The summed E-state index contributed by atoms with van der Waals surface area (Å²) in [5.41, 5.74) is 7.06. The van der Waals surface area contributed by atoms with Gasteiger partial charge in [-0.1, -0.05) is 24.3 Å². The van der Waals surface area contributed by atoms with Gasteiger partial charge in [0.25, 0.3) is 5.91 Å². The molecule has 0 aromatic heterocycles. The molecule has 0 spiro atoms. The minimum atomic E-state index is -5.27. The van der Waals surface area contributed by atoms with E-state index in [0.29, 0.717) is 42.0 Å². The van der Waals surface area contributed by atoms with E-state index in [2.05, 4.69) is 4.84 Å². The van der Waals surface area contributed by atoms with E-state index in [1.807, 2.05) is 6.07 Å². The summed E-state index contributed by atoms with van der Waals surface area (Å²) in [7, 11) is 0. The quantitative estimate of drug-likeness (QED) is 0.504. The predicted molar refractivity (Wildman–Crippen MR) is 111 cm³/mol. The minimum Gasteiger partial charge on any atom is -0.489 e. The van der Waals surface area contributed by atoms with Gasteiger partial charge < -0.3 is 15.3 Å². The van der Waals surface area contributed by atoms with Crippen LogP contribution in [0.3, 0.4) is 0 Å². The van der Waals surface area contributed by atoms with Crippen LogP contribution in [0.15, 0.2) is 60.4 Å². The number of benzene rings is 2. The number of hydrogen-bond acceptors (Lipinski definition) is 5. The molecule has 2 N–H and O–H groups in total. The fourth-order valence-corrected chi connectivity index (χ4v) is 3.49. The monoisotopic (exact) mass is 466 g/mol. The largest absolute Gasteiger partial charge is 0.493 e. The van der Waals surface area contributed by atoms with E-state index in [-0.39, 0.29) is 24.3 Å². The molecule has 2 aromatic rings. The lowest BCUT2D eigenvalue weighted by atomic mass is 9.87. The van der Waals surface area contributed by atoms with E-state index in [9.17, 15) is 27.2 Å². The molecule has 33 heavy (non-hydrogen) atoms. The average Bonchev–Trinajstić information content (AvgIpc) is 2.82. The van der Waals surface area contributed by atoms with Crippen LogP contribution in [0.1, 0.15) is 40.4 Å². The molecule has 3 rings (SSSR count). The number of hydrogen-bond donors (Lipinski definition) is 1. The summed E-state index contributed by atoms with van der Waals surface area (Å²) < 4.78 is 56.8. The molecule has 1 atom stereocenters. The Labute approximate surface area is 187 Å². The number of nitrogens with zero attached hydrogens (tertiary/aromatic N) is 1. The van der Waals surface area contributed by atoms with Gasteiger partial charge in [0.15, 0.2) is 0 Å². The van der Waals surface area contributed by atoms with E-state index in [4.69, 9.17) is 10.5 Å². The van der Waals surface area contributed by atoms with E-state index in [1.54, 1.807) is 18.2 Å². The molecule has 0 saturated carbocycles. The highest BCUT2D eigenvalue weighted by Crippen LogP contribution is 2.36. The maximum Gasteiger partial charge on any atom is 0.493 e. The zero-order chi connectivity index (χ0) is 24.0. The molecular weight excluding hydrogens is 444 g/mol. The first-order chi connectivity index (χ1) is 15.7. The SMILES string of the molecule is NC/C(=C\F)COc1ccc(C(=O)N(OC(=O)C(F)(F)F)[C@H]2CCCc3ccccc32)cc1. The Morgan fingerprint density at radius 2 is 1.82 bits per heavy atom. The summed E-state index contributed by atoms with van der Waals surface area (Å²) >= 11 is 0. The third-order valence-electron chi connectivity index (χ3n) is 5.18. The second-order valence-corrected chi connectivity index (χ2v) is 7.40. The van der Waals surface area contributed by atoms with Crippen molar-refractivity contribution in [3.05, 3.63) is 77.1 Å². The topological polar surface area (TPSA) is 81.9 Å². The second kappa shape index (κ2) is 10.5. The molecule has 0 aliphatic heterocycles. The molecule has 0 saturated heterocycles. The summed E-state index contributed by atoms with van der Waals surface area (Å²) in [5, 5.41) is 0.502. The number of alkyl halides is 3. The molecule has 2 aromatic carbocycles. The third kappa shape index (κ3) is 5.89. The summed E-state index contributed by atoms with van der Waals surface area (Å²) in [4.78, 5) is 29.4. The predicted octanol–water partition coefficient (Wildman–Crippen LogP) is 4.42. The van der Waals surface area contributed by atoms with E-state index >= 15 is 0 Å². The number of carbonyl (C=O) groups excluding carboxylic acids is 2. The Morgan fingerprint density at radius 1 is 1.12 bits per heavy atom. The molecule has 176 valence electrons. The first-order valence-electron chi connectivity index (χ1n) is 10.2. The first-order valence-corrected chi connectivity index (χ1v) is 10.2. The van der Waals surface area contributed by atoms with Gasteiger partial charge in [0.1, 0.15) is 12.4 Å². The minimum absolute atomic E-state index is 0.0135. The van der Waals surface area contributed by atoms with Gasteiger partial charge in [-0.25, -0.2) is 9.18 Å². The van der Waals surface area contributed by atoms with Crippen LogP contribution >= 0.6 is 0 Å². The van der Waals surface area contributed by atoms with Crippen molar-refractivity contribution >= 4 is 11.9 Å². The van der Waals surface area contributed by atoms with Gasteiger partial charge >= 0.3 is 12.1 Å². The summed E-state index contributed by atoms with van der Waals surface area (Å²) in [6, 6.07) is 11.6. The molecule has 1 amide bonds. The lowest BCUT2D eigenvalue weighted by Gasteiger charge is -2.34. The molecule has 0 radical (unpaired) electrons. The molecular formula is C23H22F4N2O4. The summed E-state index contributed by atoms with van der Waals surface area (Å²) in [6.07, 6.45) is -3.30. The molecule has 10 heteroatoms. The van der Waals surface area contributed by atoms with E-state index < -0.39 is 24.1 Å². The second-order valence-electron chi connectivity index (χ2n) is 7.40. The van der Waals surface area contributed by atoms with Crippen molar-refractivity contribution in [2.24, 2.45) is 5.73 Å². The summed E-state index contributed by atoms with van der Waals surface area (Å²) in [5.74, 6) is -3.10. The van der Waals surface area contributed by atoms with Gasteiger partial charge in [-0.2, -0.15) is 18.2 Å². The fraction of sp³-hybridized carbons (Fsp3) is 0.304. The Morgan fingerprint density at radius 3 is 2.45 bits per heavy atom. The van der Waals surface area contributed by atoms with Gasteiger partial charge in [-0.05, 0) is 54.7 Å². The molecule has 0 bridgehead atoms. The van der Waals surface area contributed by atoms with E-state index in [1.165, 1.54) is 24.3 Å². The van der Waals surface area contributed by atoms with Gasteiger partial charge in [0, 0.05) is 17.7 Å². The Hall–Kier alpha value is -3.40. The molecule has 6 nitrogen and oxygen atoms in total. The molecule has 0 unspecified atom stereocenters. The average molecular weight is 466 g/mol. The number of aryl methyl sites for hydroxylation is 1. The fourth-order valence-electron chi connectivity index (χ4n) is 3.49. The first kappa shape index (κ1) is 24.2. The van der Waals surface area contributed by atoms with Gasteiger partial charge in [-0.15, -0.1) is 0 Å². The maximum atomic E-state index is 13.2. The zero-order valence-corrected chi connectivity index (χ0v) is 17.5. The highest BCUT2D eigenvalue weighted by atomic mass is 19.4. The van der Waals surface area contributed by atoms with Crippen molar-refractivity contribution in [1.82, 2.24) is 5.06 Å². The van der Waals surface area contributed by atoms with Crippen molar-refractivity contribution in [1.29, 1.82) is 0 Å². The molecule has 0 fully saturated rings. The van der Waals surface area contributed by atoms with Crippen LogP contribution in [0.2, 0.25) is 0 Å². The number of fused-ring (bicyclic) bond motifs is 1. The number of nitrogens with two attached hydrogens (primary N) is 1. The molecule has 1 aliphatic rings. The standard InChI is InChI=1S/C23H22F4N2O4/c24-12-15(13-28)14-32-18-10-8-17(9-11-18)21(30)29(33-22(31)23(25,26)27)20-7-3-5-16-4-1-2-6-19(16)20/h1-2,4,6,8-12,20H,3,5,7,13-14,28H2/b15-12+/t20-/m0/s1. The van der Waals surface area contributed by atoms with Crippen LogP contribution in [0.4, 0.5) is 17.6 Å². The smallest absolute Gasteiger partial charge is 0.489 e. The highest BCUT2D eigenvalue weighted by Gasteiger charge is 2.45. The van der Waals surface area contributed by atoms with Crippen molar-refractivity contribution in [3.8, 4) is 5.75 Å². The zero-order valence-electron chi connectivity index (χ0n) is 17.5. The lowest BCUT2D eigenvalue weighted by Crippen LogP contribution is -2.42. The number of carbonyl (C=O) groups is 2. The number of ether oxygens (including phenoxy) is 1. The Bertz CT molecular complexity index is 1020. The number of amides is 1. The van der Waals surface area contributed by atoms with Crippen molar-refractivity contribution < 1.29 is 36.7 Å². The normalized spacial score (nSPS) is 16.0. The highest BCUT2D eigenvalue weighted by molar-refractivity contribution is 5.95. The van der Waals surface area contributed by atoms with E-state index in [0.717, 1.165) is 5.56 Å². The van der Waals surface area contributed by atoms with Crippen molar-refractivity contribution in [3.63, 3.8) is 0 Å². The van der Waals surface area contributed by atoms with Crippen LogP contribution < -0.4 is 10.5 Å². The summed E-state index contributed by atoms with van der Waals surface area (Å²) in [6.45, 7) is -0.135. The Kier molecular flexibility index (Phi) is 7.70. The van der Waals surface area contributed by atoms with Gasteiger partial charge in [0.2, 0.25) is 0 Å². The van der Waals surface area contributed by atoms with Gasteiger partial charge in [-0.3, -0.25) is 4.79 Å². The maximum absolute atomic E-state index is 13.2. The number of halogens is 4. The third-order valence-corrected chi connectivity index (χ3v) is 5.18.